The number of nitrogens with one attached hydrogen (secondary N) is 1. The molecule has 1 saturated heterocycles. The fourth-order valence-electron chi connectivity index (χ4n) is 3.61. The molecule has 0 radical (unpaired) electrons. The van der Waals surface area contributed by atoms with E-state index in [9.17, 15) is 0 Å². The molecule has 20 heavy (non-hydrogen) atoms. The third-order valence-electron chi connectivity index (χ3n) is 4.56. The van der Waals surface area contributed by atoms with Crippen molar-refractivity contribution in [2.45, 2.75) is 58.0 Å². The van der Waals surface area contributed by atoms with Crippen LogP contribution in [0.1, 0.15) is 56.9 Å². The maximum atomic E-state index is 5.00. The van der Waals surface area contributed by atoms with Crippen molar-refractivity contribution < 1.29 is 0 Å². The Bertz CT molecular complexity index is 483. The second-order valence-electron chi connectivity index (χ2n) is 7.43. The molecule has 0 aromatic carbocycles. The first kappa shape index (κ1) is 14.1. The Morgan fingerprint density at radius 1 is 1.30 bits per heavy atom. The SMILES string of the molecule is CN1CCCC(n2c(C(C)(C)C)nc3c2CCNC3)C1. The molecule has 1 atom stereocenters. The van der Waals surface area contributed by atoms with Crippen molar-refractivity contribution >= 4 is 0 Å². The fraction of sp³-hybridized carbons (Fsp3) is 0.812. The van der Waals surface area contributed by atoms with Crippen LogP contribution in [0.3, 0.4) is 0 Å². The number of aromatic nitrogens is 2. The summed E-state index contributed by atoms with van der Waals surface area (Å²) in [6.45, 7) is 11.3. The predicted molar refractivity (Wildman–Crippen MR) is 82.1 cm³/mol. The van der Waals surface area contributed by atoms with Gasteiger partial charge < -0.3 is 14.8 Å². The van der Waals surface area contributed by atoms with Gasteiger partial charge in [0.2, 0.25) is 0 Å². The highest BCUT2D eigenvalue weighted by Gasteiger charge is 2.31. The molecule has 0 bridgehead atoms. The average Bonchev–Trinajstić information content (AvgIpc) is 2.78. The second-order valence-corrected chi connectivity index (χ2v) is 7.43. The lowest BCUT2D eigenvalue weighted by Gasteiger charge is -2.35. The van der Waals surface area contributed by atoms with Crippen molar-refractivity contribution in [3.05, 3.63) is 17.2 Å². The number of fused-ring (bicyclic) bond motifs is 1. The summed E-state index contributed by atoms with van der Waals surface area (Å²) in [5.74, 6) is 1.28. The molecule has 2 aliphatic heterocycles. The number of hydrogen-bond donors (Lipinski definition) is 1. The van der Waals surface area contributed by atoms with Gasteiger partial charge in [-0.1, -0.05) is 20.8 Å². The minimum absolute atomic E-state index is 0.118. The average molecular weight is 276 g/mol. The quantitative estimate of drug-likeness (QED) is 0.852. The molecule has 3 rings (SSSR count). The Kier molecular flexibility index (Phi) is 3.63. The van der Waals surface area contributed by atoms with Crippen LogP contribution in [0.25, 0.3) is 0 Å². The highest BCUT2D eigenvalue weighted by Crippen LogP contribution is 2.32. The Labute approximate surface area is 122 Å². The van der Waals surface area contributed by atoms with Gasteiger partial charge in [-0.05, 0) is 26.4 Å². The highest BCUT2D eigenvalue weighted by molar-refractivity contribution is 5.25. The number of likely N-dealkylation sites (tertiary alicyclic amines) is 1. The molecule has 2 aliphatic rings. The molecule has 1 aromatic heterocycles. The Morgan fingerprint density at radius 2 is 2.10 bits per heavy atom. The Morgan fingerprint density at radius 3 is 2.80 bits per heavy atom. The molecule has 1 unspecified atom stereocenters. The number of piperidine rings is 1. The molecular formula is C16H28N4. The van der Waals surface area contributed by atoms with Crippen LogP contribution >= 0.6 is 0 Å². The summed E-state index contributed by atoms with van der Waals surface area (Å²) >= 11 is 0. The summed E-state index contributed by atoms with van der Waals surface area (Å²) in [6.07, 6.45) is 3.72. The van der Waals surface area contributed by atoms with Crippen LogP contribution in [0.4, 0.5) is 0 Å². The van der Waals surface area contributed by atoms with Gasteiger partial charge in [0.25, 0.3) is 0 Å². The maximum Gasteiger partial charge on any atom is 0.114 e. The van der Waals surface area contributed by atoms with E-state index in [-0.39, 0.29) is 5.41 Å². The van der Waals surface area contributed by atoms with Crippen LogP contribution in [0.15, 0.2) is 0 Å². The first-order valence-corrected chi connectivity index (χ1v) is 7.96. The maximum absolute atomic E-state index is 5.00. The highest BCUT2D eigenvalue weighted by atomic mass is 15.2. The third kappa shape index (κ3) is 2.51. The first-order chi connectivity index (χ1) is 9.47. The summed E-state index contributed by atoms with van der Waals surface area (Å²) < 4.78 is 2.60. The van der Waals surface area contributed by atoms with Crippen molar-refractivity contribution in [1.82, 2.24) is 19.8 Å². The van der Waals surface area contributed by atoms with Crippen molar-refractivity contribution in [2.24, 2.45) is 0 Å². The normalized spacial score (nSPS) is 24.7. The zero-order valence-corrected chi connectivity index (χ0v) is 13.4. The first-order valence-electron chi connectivity index (χ1n) is 7.96. The molecule has 3 heterocycles. The molecule has 0 spiro atoms. The van der Waals surface area contributed by atoms with Crippen LogP contribution in [-0.4, -0.2) is 41.1 Å². The molecule has 1 fully saturated rings. The van der Waals surface area contributed by atoms with E-state index >= 15 is 0 Å². The molecule has 0 amide bonds. The minimum atomic E-state index is 0.118. The third-order valence-corrected chi connectivity index (χ3v) is 4.56. The zero-order valence-electron chi connectivity index (χ0n) is 13.4. The number of imidazole rings is 1. The van der Waals surface area contributed by atoms with Gasteiger partial charge in [-0.15, -0.1) is 0 Å². The van der Waals surface area contributed by atoms with Crippen LogP contribution in [0, 0.1) is 0 Å². The largest absolute Gasteiger partial charge is 0.327 e. The van der Waals surface area contributed by atoms with E-state index in [0.717, 1.165) is 19.5 Å². The molecule has 4 heteroatoms. The second kappa shape index (κ2) is 5.15. The van der Waals surface area contributed by atoms with Gasteiger partial charge in [-0.3, -0.25) is 0 Å². The van der Waals surface area contributed by atoms with Gasteiger partial charge in [0, 0.05) is 43.2 Å². The summed E-state index contributed by atoms with van der Waals surface area (Å²) in [5.41, 5.74) is 2.90. The van der Waals surface area contributed by atoms with E-state index < -0.39 is 0 Å². The molecule has 4 nitrogen and oxygen atoms in total. The number of rotatable bonds is 1. The monoisotopic (exact) mass is 276 g/mol. The lowest BCUT2D eigenvalue weighted by atomic mass is 9.94. The summed E-state index contributed by atoms with van der Waals surface area (Å²) in [7, 11) is 2.24. The van der Waals surface area contributed by atoms with Crippen molar-refractivity contribution in [2.75, 3.05) is 26.7 Å². The van der Waals surface area contributed by atoms with Crippen LogP contribution in [0.2, 0.25) is 0 Å². The van der Waals surface area contributed by atoms with Crippen molar-refractivity contribution in [1.29, 1.82) is 0 Å². The van der Waals surface area contributed by atoms with E-state index in [4.69, 9.17) is 4.98 Å². The standard InChI is InChI=1S/C16H28N4/c1-16(2,3)15-18-13-10-17-8-7-14(13)20(15)12-6-5-9-19(4)11-12/h12,17H,5-11H2,1-4H3. The van der Waals surface area contributed by atoms with Gasteiger partial charge >= 0.3 is 0 Å². The molecular weight excluding hydrogens is 248 g/mol. The fourth-order valence-corrected chi connectivity index (χ4v) is 3.61. The van der Waals surface area contributed by atoms with Crippen LogP contribution in [-0.2, 0) is 18.4 Å². The summed E-state index contributed by atoms with van der Waals surface area (Å²) in [6, 6.07) is 0.609. The molecule has 1 aromatic rings. The summed E-state index contributed by atoms with van der Waals surface area (Å²) in [5, 5.41) is 3.46. The lowest BCUT2D eigenvalue weighted by molar-refractivity contribution is 0.203. The van der Waals surface area contributed by atoms with Crippen LogP contribution in [0.5, 0.6) is 0 Å². The molecule has 1 N–H and O–H groups in total. The van der Waals surface area contributed by atoms with Gasteiger partial charge in [-0.25, -0.2) is 4.98 Å². The Balaban J connectivity index is 2.04. The van der Waals surface area contributed by atoms with Crippen LogP contribution < -0.4 is 5.32 Å². The van der Waals surface area contributed by atoms with E-state index in [1.165, 1.54) is 43.1 Å². The zero-order chi connectivity index (χ0) is 14.3. The van der Waals surface area contributed by atoms with Crippen molar-refractivity contribution in [3.63, 3.8) is 0 Å². The van der Waals surface area contributed by atoms with Crippen molar-refractivity contribution in [3.8, 4) is 0 Å². The molecule has 112 valence electrons. The minimum Gasteiger partial charge on any atom is -0.327 e. The van der Waals surface area contributed by atoms with Gasteiger partial charge in [0.1, 0.15) is 5.82 Å². The van der Waals surface area contributed by atoms with E-state index in [2.05, 4.69) is 42.6 Å². The van der Waals surface area contributed by atoms with Gasteiger partial charge in [0.05, 0.1) is 5.69 Å². The number of hydrogen-bond acceptors (Lipinski definition) is 3. The van der Waals surface area contributed by atoms with Gasteiger partial charge in [0.15, 0.2) is 0 Å². The molecule has 0 saturated carbocycles. The summed E-state index contributed by atoms with van der Waals surface area (Å²) in [4.78, 5) is 7.47. The smallest absolute Gasteiger partial charge is 0.114 e. The van der Waals surface area contributed by atoms with E-state index in [0.29, 0.717) is 6.04 Å². The van der Waals surface area contributed by atoms with E-state index in [1.807, 2.05) is 0 Å². The predicted octanol–water partition coefficient (Wildman–Crippen LogP) is 2.09. The number of likely N-dealkylation sites (N-methyl/N-ethyl adjacent to an activating group) is 1. The van der Waals surface area contributed by atoms with Gasteiger partial charge in [-0.2, -0.15) is 0 Å². The topological polar surface area (TPSA) is 33.1 Å². The van der Waals surface area contributed by atoms with E-state index in [1.54, 1.807) is 0 Å². The lowest BCUT2D eigenvalue weighted by Crippen LogP contribution is -2.37. The molecule has 0 aliphatic carbocycles. The number of nitrogens with zero attached hydrogens (tertiary/aromatic N) is 3. The Hall–Kier alpha value is -0.870.